The Hall–Kier alpha value is -1.97. The Bertz CT molecular complexity index is 805. The lowest BCUT2D eigenvalue weighted by atomic mass is 10.3. The van der Waals surface area contributed by atoms with E-state index in [0.717, 1.165) is 57.9 Å². The van der Waals surface area contributed by atoms with Crippen molar-refractivity contribution in [3.63, 3.8) is 0 Å². The molecule has 27 heavy (non-hydrogen) atoms. The van der Waals surface area contributed by atoms with Crippen molar-refractivity contribution in [2.75, 3.05) is 60.9 Å². The Balaban J connectivity index is 1.78. The van der Waals surface area contributed by atoms with Crippen molar-refractivity contribution in [1.82, 2.24) is 25.3 Å². The van der Waals surface area contributed by atoms with Crippen LogP contribution in [0.4, 0.5) is 17.6 Å². The average Bonchev–Trinajstić information content (AvgIpc) is 3.21. The molecular formula is C17H25ClN8O. The van der Waals surface area contributed by atoms with Gasteiger partial charge in [-0.2, -0.15) is 9.97 Å². The molecule has 0 aliphatic carbocycles. The minimum Gasteiger partial charge on any atom is -0.392 e. The summed E-state index contributed by atoms with van der Waals surface area (Å²) in [6, 6.07) is 0. The quantitative estimate of drug-likeness (QED) is 0.684. The Kier molecular flexibility index (Phi) is 5.42. The van der Waals surface area contributed by atoms with E-state index < -0.39 is 6.10 Å². The number of halogens is 1. The number of rotatable bonds is 5. The summed E-state index contributed by atoms with van der Waals surface area (Å²) in [5.74, 6) is 1.92. The van der Waals surface area contributed by atoms with Crippen molar-refractivity contribution < 1.29 is 5.11 Å². The maximum atomic E-state index is 9.52. The average molecular weight is 393 g/mol. The van der Waals surface area contributed by atoms with Crippen molar-refractivity contribution in [3.05, 3.63) is 5.15 Å². The van der Waals surface area contributed by atoms with E-state index in [0.29, 0.717) is 29.5 Å². The van der Waals surface area contributed by atoms with E-state index in [1.54, 1.807) is 6.92 Å². The number of anilines is 3. The van der Waals surface area contributed by atoms with E-state index in [9.17, 15) is 5.11 Å². The highest BCUT2D eigenvalue weighted by molar-refractivity contribution is 6.32. The number of aromatic nitrogens is 4. The molecule has 4 rings (SSSR count). The van der Waals surface area contributed by atoms with Crippen LogP contribution in [-0.2, 0) is 0 Å². The van der Waals surface area contributed by atoms with Gasteiger partial charge in [0.1, 0.15) is 0 Å². The van der Waals surface area contributed by atoms with Gasteiger partial charge >= 0.3 is 0 Å². The van der Waals surface area contributed by atoms with Gasteiger partial charge in [-0.15, -0.1) is 0 Å². The predicted molar refractivity (Wildman–Crippen MR) is 107 cm³/mol. The minimum atomic E-state index is -0.513. The molecule has 0 spiro atoms. The zero-order chi connectivity index (χ0) is 18.8. The van der Waals surface area contributed by atoms with Gasteiger partial charge in [0.15, 0.2) is 28.0 Å². The number of fused-ring (bicyclic) bond motifs is 1. The lowest BCUT2D eigenvalue weighted by Gasteiger charge is -2.28. The van der Waals surface area contributed by atoms with E-state index in [2.05, 4.69) is 35.4 Å². The Labute approximate surface area is 163 Å². The first-order valence-electron chi connectivity index (χ1n) is 9.49. The molecule has 3 N–H and O–H groups in total. The monoisotopic (exact) mass is 392 g/mol. The first-order valence-corrected chi connectivity index (χ1v) is 9.87. The lowest BCUT2D eigenvalue weighted by Crippen LogP contribution is -2.44. The Morgan fingerprint density at radius 2 is 1.81 bits per heavy atom. The SMILES string of the molecule is C[C@@H](O)CNc1nc2nc(N3CCNCC3)nc(N3CCCC3)c2nc1Cl. The molecule has 2 aromatic rings. The third-order valence-corrected chi connectivity index (χ3v) is 5.09. The van der Waals surface area contributed by atoms with Crippen LogP contribution in [0.3, 0.4) is 0 Å². The molecule has 4 heterocycles. The summed E-state index contributed by atoms with van der Waals surface area (Å²) in [6.45, 7) is 7.49. The summed E-state index contributed by atoms with van der Waals surface area (Å²) in [5.41, 5.74) is 1.15. The first kappa shape index (κ1) is 18.4. The molecule has 2 aliphatic heterocycles. The molecule has 0 amide bonds. The Morgan fingerprint density at radius 3 is 2.52 bits per heavy atom. The molecular weight excluding hydrogens is 368 g/mol. The zero-order valence-corrected chi connectivity index (χ0v) is 16.2. The molecule has 0 bridgehead atoms. The van der Waals surface area contributed by atoms with E-state index in [4.69, 9.17) is 16.6 Å². The van der Waals surface area contributed by atoms with Crippen LogP contribution in [0.15, 0.2) is 0 Å². The van der Waals surface area contributed by atoms with Crippen LogP contribution in [0, 0.1) is 0 Å². The predicted octanol–water partition coefficient (Wildman–Crippen LogP) is 0.876. The second-order valence-corrected chi connectivity index (χ2v) is 7.40. The molecule has 0 unspecified atom stereocenters. The van der Waals surface area contributed by atoms with Crippen molar-refractivity contribution in [2.45, 2.75) is 25.9 Å². The van der Waals surface area contributed by atoms with E-state index in [1.165, 1.54) is 0 Å². The van der Waals surface area contributed by atoms with Crippen LogP contribution in [0.5, 0.6) is 0 Å². The van der Waals surface area contributed by atoms with E-state index in [-0.39, 0.29) is 5.15 Å². The smallest absolute Gasteiger partial charge is 0.229 e. The molecule has 1 atom stereocenters. The molecule has 9 nitrogen and oxygen atoms in total. The van der Waals surface area contributed by atoms with Crippen molar-refractivity contribution in [3.8, 4) is 0 Å². The minimum absolute atomic E-state index is 0.266. The van der Waals surface area contributed by atoms with Gasteiger partial charge < -0.3 is 25.5 Å². The van der Waals surface area contributed by atoms with Crippen LogP contribution in [0.25, 0.3) is 11.2 Å². The van der Waals surface area contributed by atoms with Crippen molar-refractivity contribution >= 4 is 40.3 Å². The van der Waals surface area contributed by atoms with Gasteiger partial charge in [-0.3, -0.25) is 0 Å². The number of hydrogen-bond donors (Lipinski definition) is 3. The lowest BCUT2D eigenvalue weighted by molar-refractivity contribution is 0.208. The third kappa shape index (κ3) is 3.99. The highest BCUT2D eigenvalue weighted by Crippen LogP contribution is 2.30. The van der Waals surface area contributed by atoms with Crippen LogP contribution in [0.1, 0.15) is 19.8 Å². The number of nitrogens with one attached hydrogen (secondary N) is 2. The molecule has 2 saturated heterocycles. The number of nitrogens with zero attached hydrogens (tertiary/aromatic N) is 6. The van der Waals surface area contributed by atoms with Gasteiger partial charge in [-0.25, -0.2) is 9.97 Å². The van der Waals surface area contributed by atoms with Crippen molar-refractivity contribution in [2.24, 2.45) is 0 Å². The summed E-state index contributed by atoms with van der Waals surface area (Å²) >= 11 is 6.34. The maximum absolute atomic E-state index is 9.52. The topological polar surface area (TPSA) is 102 Å². The highest BCUT2D eigenvalue weighted by Gasteiger charge is 2.23. The summed E-state index contributed by atoms with van der Waals surface area (Å²) in [7, 11) is 0. The number of hydrogen-bond acceptors (Lipinski definition) is 9. The standard InChI is InChI=1S/C17H25ClN8O/c1-11(27)10-20-15-13(18)21-12-14(22-15)23-17(26-8-4-19-5-9-26)24-16(12)25-6-2-3-7-25/h11,19,27H,2-10H2,1H3,(H,20,22,23,24)/t11-/m1/s1. The van der Waals surface area contributed by atoms with Gasteiger partial charge in [-0.05, 0) is 19.8 Å². The fourth-order valence-electron chi connectivity index (χ4n) is 3.41. The first-order chi connectivity index (χ1) is 13.1. The van der Waals surface area contributed by atoms with Gasteiger partial charge in [0, 0.05) is 45.8 Å². The van der Waals surface area contributed by atoms with Gasteiger partial charge in [-0.1, -0.05) is 11.6 Å². The molecule has 2 fully saturated rings. The second kappa shape index (κ2) is 7.95. The summed E-state index contributed by atoms with van der Waals surface area (Å²) in [6.07, 6.45) is 1.77. The fraction of sp³-hybridized carbons (Fsp3) is 0.647. The largest absolute Gasteiger partial charge is 0.392 e. The van der Waals surface area contributed by atoms with Crippen molar-refractivity contribution in [1.29, 1.82) is 0 Å². The van der Waals surface area contributed by atoms with Crippen LogP contribution in [-0.4, -0.2) is 77.0 Å². The molecule has 10 heteroatoms. The van der Waals surface area contributed by atoms with Crippen LogP contribution >= 0.6 is 11.6 Å². The number of aliphatic hydroxyl groups excluding tert-OH is 1. The summed E-state index contributed by atoms with van der Waals surface area (Å²) in [5, 5.41) is 16.2. The van der Waals surface area contributed by atoms with E-state index in [1.807, 2.05) is 0 Å². The summed E-state index contributed by atoms with van der Waals surface area (Å²) < 4.78 is 0. The maximum Gasteiger partial charge on any atom is 0.229 e. The second-order valence-electron chi connectivity index (χ2n) is 7.04. The van der Waals surface area contributed by atoms with Gasteiger partial charge in [0.05, 0.1) is 6.10 Å². The normalized spacial score (nSPS) is 18.9. The molecule has 0 aromatic carbocycles. The molecule has 0 radical (unpaired) electrons. The van der Waals surface area contributed by atoms with E-state index >= 15 is 0 Å². The molecule has 146 valence electrons. The van der Waals surface area contributed by atoms with Crippen LogP contribution < -0.4 is 20.4 Å². The highest BCUT2D eigenvalue weighted by atomic mass is 35.5. The molecule has 2 aliphatic rings. The van der Waals surface area contributed by atoms with Crippen LogP contribution in [0.2, 0.25) is 5.15 Å². The van der Waals surface area contributed by atoms with Gasteiger partial charge in [0.2, 0.25) is 5.95 Å². The number of aliphatic hydroxyl groups is 1. The fourth-order valence-corrected chi connectivity index (χ4v) is 3.61. The van der Waals surface area contributed by atoms with Gasteiger partial charge in [0.25, 0.3) is 0 Å². The summed E-state index contributed by atoms with van der Waals surface area (Å²) in [4.78, 5) is 23.1. The zero-order valence-electron chi connectivity index (χ0n) is 15.4. The Morgan fingerprint density at radius 1 is 1.07 bits per heavy atom. The third-order valence-electron chi connectivity index (χ3n) is 4.83. The number of piperazine rings is 1. The molecule has 2 aromatic heterocycles. The molecule has 0 saturated carbocycles.